The molecule has 2 aromatic rings. The zero-order chi connectivity index (χ0) is 14.5. The molecule has 106 valence electrons. The fourth-order valence-electron chi connectivity index (χ4n) is 2.04. The van der Waals surface area contributed by atoms with Gasteiger partial charge >= 0.3 is 0 Å². The molecule has 0 aliphatic carbocycles. The van der Waals surface area contributed by atoms with Gasteiger partial charge in [0.05, 0.1) is 12.1 Å². The van der Waals surface area contributed by atoms with E-state index in [4.69, 9.17) is 0 Å². The molecule has 1 amide bonds. The second-order valence-electron chi connectivity index (χ2n) is 4.81. The third-order valence-corrected chi connectivity index (χ3v) is 3.35. The van der Waals surface area contributed by atoms with Crippen molar-refractivity contribution in [3.05, 3.63) is 46.8 Å². The number of aromatic nitrogens is 2. The Kier molecular flexibility index (Phi) is 4.40. The maximum Gasteiger partial charge on any atom is 0.224 e. The Morgan fingerprint density at radius 1 is 1.25 bits per heavy atom. The Labute approximate surface area is 118 Å². The minimum atomic E-state index is 0.0235. The number of nitrogens with one attached hydrogen (secondary N) is 3. The minimum absolute atomic E-state index is 0.0235. The highest BCUT2D eigenvalue weighted by molar-refractivity contribution is 5.78. The number of benzene rings is 1. The quantitative estimate of drug-likeness (QED) is 0.779. The lowest BCUT2D eigenvalue weighted by Crippen LogP contribution is -2.19. The topological polar surface area (TPSA) is 69.8 Å². The lowest BCUT2D eigenvalue weighted by Gasteiger charge is -2.08. The van der Waals surface area contributed by atoms with Crippen LogP contribution >= 0.6 is 0 Å². The first kappa shape index (κ1) is 14.1. The molecule has 0 fully saturated rings. The van der Waals surface area contributed by atoms with E-state index in [0.29, 0.717) is 6.42 Å². The Bertz CT molecular complexity index is 567. The van der Waals surface area contributed by atoms with Crippen molar-refractivity contribution in [2.75, 3.05) is 12.4 Å². The van der Waals surface area contributed by atoms with E-state index >= 15 is 0 Å². The maximum atomic E-state index is 11.3. The van der Waals surface area contributed by atoms with Crippen molar-refractivity contribution < 1.29 is 4.79 Å². The van der Waals surface area contributed by atoms with Crippen molar-refractivity contribution in [3.8, 4) is 0 Å². The van der Waals surface area contributed by atoms with Gasteiger partial charge in [0.2, 0.25) is 5.91 Å². The summed E-state index contributed by atoms with van der Waals surface area (Å²) in [5.41, 5.74) is 5.34. The highest BCUT2D eigenvalue weighted by Crippen LogP contribution is 2.14. The fraction of sp³-hybridized carbons (Fsp3) is 0.333. The Balaban J connectivity index is 1.96. The predicted octanol–water partition coefficient (Wildman–Crippen LogP) is 1.93. The third-order valence-electron chi connectivity index (χ3n) is 3.35. The molecule has 1 heterocycles. The summed E-state index contributed by atoms with van der Waals surface area (Å²) in [7, 11) is 1.65. The SMILES string of the molecule is CNC(=O)Cc1ccc(NCc2c(C)n[nH]c2C)cc1. The Morgan fingerprint density at radius 3 is 2.50 bits per heavy atom. The van der Waals surface area contributed by atoms with E-state index in [9.17, 15) is 4.79 Å². The molecule has 0 radical (unpaired) electrons. The van der Waals surface area contributed by atoms with Crippen LogP contribution in [0.4, 0.5) is 5.69 Å². The van der Waals surface area contributed by atoms with Gasteiger partial charge in [-0.1, -0.05) is 12.1 Å². The van der Waals surface area contributed by atoms with Gasteiger partial charge in [-0.2, -0.15) is 5.10 Å². The summed E-state index contributed by atoms with van der Waals surface area (Å²) in [4.78, 5) is 11.3. The van der Waals surface area contributed by atoms with Gasteiger partial charge in [-0.25, -0.2) is 0 Å². The standard InChI is InChI=1S/C15H20N4O/c1-10-14(11(2)19-18-10)9-17-13-6-4-12(5-7-13)8-15(20)16-3/h4-7,17H,8-9H2,1-3H3,(H,16,20)(H,18,19). The molecule has 0 bridgehead atoms. The molecule has 0 atom stereocenters. The van der Waals surface area contributed by atoms with Gasteiger partial charge < -0.3 is 10.6 Å². The van der Waals surface area contributed by atoms with Gasteiger partial charge in [0.1, 0.15) is 0 Å². The van der Waals surface area contributed by atoms with E-state index in [0.717, 1.165) is 29.2 Å². The average molecular weight is 272 g/mol. The highest BCUT2D eigenvalue weighted by Gasteiger charge is 2.06. The summed E-state index contributed by atoms with van der Waals surface area (Å²) in [6.45, 7) is 4.75. The largest absolute Gasteiger partial charge is 0.381 e. The van der Waals surface area contributed by atoms with Gasteiger partial charge in [-0.3, -0.25) is 9.89 Å². The molecule has 20 heavy (non-hydrogen) atoms. The number of anilines is 1. The molecule has 0 saturated carbocycles. The summed E-state index contributed by atoms with van der Waals surface area (Å²) in [5.74, 6) is 0.0235. The highest BCUT2D eigenvalue weighted by atomic mass is 16.1. The van der Waals surface area contributed by atoms with Gasteiger partial charge in [0.25, 0.3) is 0 Å². The summed E-state index contributed by atoms with van der Waals surface area (Å²) < 4.78 is 0. The van der Waals surface area contributed by atoms with Crippen LogP contribution in [-0.2, 0) is 17.8 Å². The lowest BCUT2D eigenvalue weighted by atomic mass is 10.1. The third kappa shape index (κ3) is 3.38. The second-order valence-corrected chi connectivity index (χ2v) is 4.81. The van der Waals surface area contributed by atoms with Crippen molar-refractivity contribution in [1.29, 1.82) is 0 Å². The number of amides is 1. The maximum absolute atomic E-state index is 11.3. The number of carbonyl (C=O) groups excluding carboxylic acids is 1. The number of hydrogen-bond donors (Lipinski definition) is 3. The van der Waals surface area contributed by atoms with Crippen molar-refractivity contribution >= 4 is 11.6 Å². The first-order chi connectivity index (χ1) is 9.60. The number of rotatable bonds is 5. The summed E-state index contributed by atoms with van der Waals surface area (Å²) in [5, 5.41) is 13.1. The van der Waals surface area contributed by atoms with Gasteiger partial charge in [-0.15, -0.1) is 0 Å². The molecule has 1 aromatic carbocycles. The van der Waals surface area contributed by atoms with Crippen LogP contribution in [0.25, 0.3) is 0 Å². The molecule has 0 spiro atoms. The number of aromatic amines is 1. The molecule has 0 saturated heterocycles. The van der Waals surface area contributed by atoms with E-state index in [1.165, 1.54) is 5.56 Å². The van der Waals surface area contributed by atoms with Crippen LogP contribution in [0.1, 0.15) is 22.5 Å². The summed E-state index contributed by atoms with van der Waals surface area (Å²) in [6.07, 6.45) is 0.413. The number of carbonyl (C=O) groups is 1. The molecule has 5 nitrogen and oxygen atoms in total. The van der Waals surface area contributed by atoms with Crippen LogP contribution in [0.5, 0.6) is 0 Å². The van der Waals surface area contributed by atoms with Gasteiger partial charge in [0.15, 0.2) is 0 Å². The van der Waals surface area contributed by atoms with Crippen molar-refractivity contribution in [3.63, 3.8) is 0 Å². The van der Waals surface area contributed by atoms with E-state index in [-0.39, 0.29) is 5.91 Å². The second kappa shape index (κ2) is 6.23. The van der Waals surface area contributed by atoms with E-state index in [1.807, 2.05) is 38.1 Å². The molecule has 1 aromatic heterocycles. The zero-order valence-electron chi connectivity index (χ0n) is 12.1. The number of nitrogens with zero attached hydrogens (tertiary/aromatic N) is 1. The number of likely N-dealkylation sites (N-methyl/N-ethyl adjacent to an activating group) is 1. The number of aryl methyl sites for hydroxylation is 2. The van der Waals surface area contributed by atoms with Gasteiger partial charge in [-0.05, 0) is 31.5 Å². The monoisotopic (exact) mass is 272 g/mol. The van der Waals surface area contributed by atoms with E-state index in [1.54, 1.807) is 7.05 Å². The molecule has 0 unspecified atom stereocenters. The zero-order valence-corrected chi connectivity index (χ0v) is 12.1. The number of H-pyrrole nitrogens is 1. The van der Waals surface area contributed by atoms with E-state index in [2.05, 4.69) is 20.8 Å². The van der Waals surface area contributed by atoms with Crippen LogP contribution in [0.2, 0.25) is 0 Å². The fourth-order valence-corrected chi connectivity index (χ4v) is 2.04. The first-order valence-electron chi connectivity index (χ1n) is 6.64. The van der Waals surface area contributed by atoms with Crippen LogP contribution in [0.15, 0.2) is 24.3 Å². The molecular weight excluding hydrogens is 252 g/mol. The molecular formula is C15H20N4O. The molecule has 2 rings (SSSR count). The van der Waals surface area contributed by atoms with Crippen LogP contribution in [-0.4, -0.2) is 23.2 Å². The lowest BCUT2D eigenvalue weighted by molar-refractivity contribution is -0.119. The van der Waals surface area contributed by atoms with Crippen molar-refractivity contribution in [1.82, 2.24) is 15.5 Å². The van der Waals surface area contributed by atoms with Crippen molar-refractivity contribution in [2.24, 2.45) is 0 Å². The molecule has 0 aliphatic rings. The average Bonchev–Trinajstić information content (AvgIpc) is 2.77. The Hall–Kier alpha value is -2.30. The molecule has 5 heteroatoms. The van der Waals surface area contributed by atoms with Crippen LogP contribution in [0, 0.1) is 13.8 Å². The molecule has 0 aliphatic heterocycles. The Morgan fingerprint density at radius 2 is 1.95 bits per heavy atom. The smallest absolute Gasteiger partial charge is 0.224 e. The van der Waals surface area contributed by atoms with Crippen molar-refractivity contribution in [2.45, 2.75) is 26.8 Å². The normalized spacial score (nSPS) is 10.3. The van der Waals surface area contributed by atoms with E-state index < -0.39 is 0 Å². The number of hydrogen-bond acceptors (Lipinski definition) is 3. The van der Waals surface area contributed by atoms with Gasteiger partial charge in [0, 0.05) is 30.5 Å². The minimum Gasteiger partial charge on any atom is -0.381 e. The summed E-state index contributed by atoms with van der Waals surface area (Å²) in [6, 6.07) is 7.91. The van der Waals surface area contributed by atoms with Crippen LogP contribution in [0.3, 0.4) is 0 Å². The molecule has 3 N–H and O–H groups in total. The predicted molar refractivity (Wildman–Crippen MR) is 79.6 cm³/mol. The first-order valence-corrected chi connectivity index (χ1v) is 6.64. The van der Waals surface area contributed by atoms with Crippen LogP contribution < -0.4 is 10.6 Å². The summed E-state index contributed by atoms with van der Waals surface area (Å²) >= 11 is 0.